The topological polar surface area (TPSA) is 101 Å². The fourth-order valence-corrected chi connectivity index (χ4v) is 5.41. The van der Waals surface area contributed by atoms with E-state index in [2.05, 4.69) is 5.32 Å². The molecule has 1 saturated heterocycles. The first-order valence-corrected chi connectivity index (χ1v) is 13.1. The highest BCUT2D eigenvalue weighted by molar-refractivity contribution is 7.89. The number of carbonyl (C=O) groups is 2. The van der Waals surface area contributed by atoms with Crippen molar-refractivity contribution in [2.75, 3.05) is 26.2 Å². The van der Waals surface area contributed by atoms with Crippen LogP contribution < -0.4 is 5.32 Å². The summed E-state index contributed by atoms with van der Waals surface area (Å²) in [6.45, 7) is 9.61. The monoisotopic (exact) mass is 492 g/mol. The van der Waals surface area contributed by atoms with Crippen LogP contribution in [0, 0.1) is 0 Å². The van der Waals surface area contributed by atoms with Crippen molar-refractivity contribution in [1.29, 1.82) is 0 Å². The van der Waals surface area contributed by atoms with Gasteiger partial charge in [0.1, 0.15) is 11.6 Å². The van der Waals surface area contributed by atoms with E-state index in [0.717, 1.165) is 16.5 Å². The van der Waals surface area contributed by atoms with Gasteiger partial charge in [-0.25, -0.2) is 13.2 Å². The minimum absolute atomic E-state index is 0.236. The maximum atomic E-state index is 13.5. The van der Waals surface area contributed by atoms with Crippen LogP contribution in [0.2, 0.25) is 0 Å². The lowest BCUT2D eigenvalue weighted by Gasteiger charge is -2.36. The van der Waals surface area contributed by atoms with Gasteiger partial charge >= 0.3 is 6.09 Å². The number of hydrogen-bond acceptors (Lipinski definition) is 5. The quantitative estimate of drug-likeness (QED) is 0.668. The summed E-state index contributed by atoms with van der Waals surface area (Å²) in [4.78, 5) is 27.7. The Morgan fingerprint density at radius 3 is 2.29 bits per heavy atom. The van der Waals surface area contributed by atoms with Crippen LogP contribution in [-0.2, 0) is 33.0 Å². The summed E-state index contributed by atoms with van der Waals surface area (Å²) in [5.41, 5.74) is 1.27. The Labute approximate surface area is 202 Å². The molecule has 1 aliphatic heterocycles. The molecular weight excluding hydrogens is 456 g/mol. The molecule has 0 saturated carbocycles. The number of ether oxygens (including phenoxy) is 1. The number of nitrogens with one attached hydrogen (secondary N) is 1. The maximum Gasteiger partial charge on any atom is 0.408 e. The third kappa shape index (κ3) is 5.90. The molecule has 188 valence electrons. The van der Waals surface area contributed by atoms with Gasteiger partial charge in [-0.15, -0.1) is 0 Å². The molecule has 2 aromatic rings. The standard InChI is InChI=1S/C24H36N4O5S/c1-17(2)34(31,32)28-13-11-27(12-14-28)22(29)20(25-23(30)33-24(3,4)5)15-18-16-26(6)21-10-8-7-9-19(18)21/h7-10,16-17,20H,11-15H2,1-6H3,(H,25,30). The number of rotatable bonds is 6. The van der Waals surface area contributed by atoms with E-state index >= 15 is 0 Å². The number of alkyl carbamates (subject to hydrolysis) is 1. The van der Waals surface area contributed by atoms with Crippen molar-refractivity contribution in [3.8, 4) is 0 Å². The minimum atomic E-state index is -3.38. The van der Waals surface area contributed by atoms with Crippen LogP contribution in [0.25, 0.3) is 10.9 Å². The van der Waals surface area contributed by atoms with Gasteiger partial charge in [-0.1, -0.05) is 18.2 Å². The molecule has 10 heteroatoms. The van der Waals surface area contributed by atoms with Gasteiger partial charge in [-0.3, -0.25) is 4.79 Å². The highest BCUT2D eigenvalue weighted by Gasteiger charge is 2.34. The zero-order valence-corrected chi connectivity index (χ0v) is 21.7. The van der Waals surface area contributed by atoms with Crippen molar-refractivity contribution in [3.05, 3.63) is 36.0 Å². The Bertz CT molecular complexity index is 1140. The van der Waals surface area contributed by atoms with E-state index in [-0.39, 0.29) is 32.1 Å². The molecule has 0 spiro atoms. The number of nitrogens with zero attached hydrogens (tertiary/aromatic N) is 3. The Morgan fingerprint density at radius 2 is 1.71 bits per heavy atom. The molecule has 2 heterocycles. The summed E-state index contributed by atoms with van der Waals surface area (Å²) in [6.07, 6.45) is 1.60. The molecule has 0 bridgehead atoms. The molecule has 1 aromatic heterocycles. The number of aromatic nitrogens is 1. The predicted molar refractivity (Wildman–Crippen MR) is 132 cm³/mol. The normalized spacial score (nSPS) is 16.6. The number of carbonyl (C=O) groups excluding carboxylic acids is 2. The van der Waals surface area contributed by atoms with E-state index in [0.29, 0.717) is 6.42 Å². The van der Waals surface area contributed by atoms with Gasteiger partial charge in [0.2, 0.25) is 15.9 Å². The van der Waals surface area contributed by atoms with Gasteiger partial charge in [0.15, 0.2) is 0 Å². The molecule has 2 amide bonds. The Hall–Kier alpha value is -2.59. The Balaban J connectivity index is 1.80. The number of hydrogen-bond donors (Lipinski definition) is 1. The zero-order chi connectivity index (χ0) is 25.3. The second-order valence-electron chi connectivity index (χ2n) is 10.0. The predicted octanol–water partition coefficient (Wildman–Crippen LogP) is 2.50. The van der Waals surface area contributed by atoms with Crippen LogP contribution in [0.4, 0.5) is 4.79 Å². The summed E-state index contributed by atoms with van der Waals surface area (Å²) < 4.78 is 33.8. The third-order valence-electron chi connectivity index (χ3n) is 5.90. The number of fused-ring (bicyclic) bond motifs is 1. The molecule has 3 rings (SSSR count). The van der Waals surface area contributed by atoms with Crippen LogP contribution in [0.15, 0.2) is 30.5 Å². The minimum Gasteiger partial charge on any atom is -0.444 e. The van der Waals surface area contributed by atoms with Crippen molar-refractivity contribution in [1.82, 2.24) is 19.1 Å². The smallest absolute Gasteiger partial charge is 0.408 e. The van der Waals surface area contributed by atoms with E-state index < -0.39 is 33.0 Å². The number of para-hydroxylation sites is 1. The lowest BCUT2D eigenvalue weighted by molar-refractivity contribution is -0.134. The van der Waals surface area contributed by atoms with Crippen molar-refractivity contribution in [2.45, 2.75) is 57.9 Å². The first-order chi connectivity index (χ1) is 15.8. The fraction of sp³-hybridized carbons (Fsp3) is 0.583. The second kappa shape index (κ2) is 9.95. The molecule has 34 heavy (non-hydrogen) atoms. The van der Waals surface area contributed by atoms with Crippen molar-refractivity contribution in [3.63, 3.8) is 0 Å². The van der Waals surface area contributed by atoms with Crippen molar-refractivity contribution < 1.29 is 22.7 Å². The number of piperazine rings is 1. The summed E-state index contributed by atoms with van der Waals surface area (Å²) in [5.74, 6) is -0.250. The molecular formula is C24H36N4O5S. The molecule has 1 atom stereocenters. The van der Waals surface area contributed by atoms with Crippen LogP contribution >= 0.6 is 0 Å². The highest BCUT2D eigenvalue weighted by atomic mass is 32.2. The molecule has 1 N–H and O–H groups in total. The first kappa shape index (κ1) is 26.0. The average molecular weight is 493 g/mol. The SMILES string of the molecule is CC(C)S(=O)(=O)N1CCN(C(=O)C(Cc2cn(C)c3ccccc23)NC(=O)OC(C)(C)C)CC1. The van der Waals surface area contributed by atoms with Crippen LogP contribution in [-0.4, -0.2) is 77.3 Å². The Kier molecular flexibility index (Phi) is 7.62. The van der Waals surface area contributed by atoms with Gasteiger partial charge < -0.3 is 19.5 Å². The number of aryl methyl sites for hydroxylation is 1. The summed E-state index contributed by atoms with van der Waals surface area (Å²) in [7, 11) is -1.43. The maximum absolute atomic E-state index is 13.5. The van der Waals surface area contributed by atoms with Gasteiger partial charge in [0, 0.05) is 56.7 Å². The van der Waals surface area contributed by atoms with Crippen LogP contribution in [0.1, 0.15) is 40.2 Å². The molecule has 1 unspecified atom stereocenters. The van der Waals surface area contributed by atoms with Crippen molar-refractivity contribution >= 4 is 32.9 Å². The Morgan fingerprint density at radius 1 is 1.09 bits per heavy atom. The molecule has 0 radical (unpaired) electrons. The van der Waals surface area contributed by atoms with Gasteiger partial charge in [-0.05, 0) is 46.2 Å². The second-order valence-corrected chi connectivity index (χ2v) is 12.5. The molecule has 9 nitrogen and oxygen atoms in total. The summed E-state index contributed by atoms with van der Waals surface area (Å²) >= 11 is 0. The number of sulfonamides is 1. The van der Waals surface area contributed by atoms with Crippen LogP contribution in [0.5, 0.6) is 0 Å². The third-order valence-corrected chi connectivity index (χ3v) is 8.17. The van der Waals surface area contributed by atoms with Crippen molar-refractivity contribution in [2.24, 2.45) is 7.05 Å². The largest absolute Gasteiger partial charge is 0.444 e. The zero-order valence-electron chi connectivity index (χ0n) is 20.9. The number of amides is 2. The van der Waals surface area contributed by atoms with E-state index in [1.807, 2.05) is 42.1 Å². The fourth-order valence-electron chi connectivity index (χ4n) is 4.14. The molecule has 0 aliphatic carbocycles. The van der Waals surface area contributed by atoms with Gasteiger partial charge in [-0.2, -0.15) is 4.31 Å². The molecule has 1 aliphatic rings. The lowest BCUT2D eigenvalue weighted by Crippen LogP contribution is -2.57. The summed E-state index contributed by atoms with van der Waals surface area (Å²) in [6, 6.07) is 7.06. The van der Waals surface area contributed by atoms with E-state index in [1.54, 1.807) is 39.5 Å². The van der Waals surface area contributed by atoms with Crippen LogP contribution in [0.3, 0.4) is 0 Å². The highest BCUT2D eigenvalue weighted by Crippen LogP contribution is 2.23. The van der Waals surface area contributed by atoms with Gasteiger partial charge in [0.05, 0.1) is 5.25 Å². The average Bonchev–Trinajstić information content (AvgIpc) is 3.07. The van der Waals surface area contributed by atoms with E-state index in [4.69, 9.17) is 4.74 Å². The summed E-state index contributed by atoms with van der Waals surface area (Å²) in [5, 5.41) is 3.26. The van der Waals surface area contributed by atoms with E-state index in [9.17, 15) is 18.0 Å². The molecule has 1 fully saturated rings. The number of benzene rings is 1. The van der Waals surface area contributed by atoms with Gasteiger partial charge in [0.25, 0.3) is 0 Å². The first-order valence-electron chi connectivity index (χ1n) is 11.6. The molecule has 1 aromatic carbocycles. The van der Waals surface area contributed by atoms with E-state index in [1.165, 1.54) is 4.31 Å². The lowest BCUT2D eigenvalue weighted by atomic mass is 10.0.